The Balaban J connectivity index is 1.88. The van der Waals surface area contributed by atoms with Gasteiger partial charge in [-0.15, -0.1) is 0 Å². The number of nitrogens with two attached hydrogens (primary N) is 1. The van der Waals surface area contributed by atoms with Crippen molar-refractivity contribution in [3.63, 3.8) is 0 Å². The van der Waals surface area contributed by atoms with E-state index in [4.69, 9.17) is 22.1 Å². The van der Waals surface area contributed by atoms with Crippen molar-refractivity contribution in [1.82, 2.24) is 9.13 Å². The number of halogens is 1. The number of fused-ring (bicyclic) bond motifs is 1. The van der Waals surface area contributed by atoms with Gasteiger partial charge in [0, 0.05) is 10.7 Å². The third kappa shape index (κ3) is 3.50. The Hall–Kier alpha value is -3.51. The number of nitrogen functional groups attached to an aromatic ring is 1. The lowest BCUT2D eigenvalue weighted by atomic mass is 10.1. The van der Waals surface area contributed by atoms with Gasteiger partial charge in [0.2, 0.25) is 0 Å². The molecule has 2 N–H and O–H groups in total. The van der Waals surface area contributed by atoms with Gasteiger partial charge in [-0.1, -0.05) is 23.7 Å². The lowest BCUT2D eigenvalue weighted by Gasteiger charge is -2.06. The minimum absolute atomic E-state index is 0.212. The third-order valence-corrected chi connectivity index (χ3v) is 4.97. The molecule has 0 fully saturated rings. The third-order valence-electron chi connectivity index (χ3n) is 4.73. The molecule has 146 valence electrons. The van der Waals surface area contributed by atoms with E-state index in [1.807, 2.05) is 12.1 Å². The highest BCUT2D eigenvalue weighted by atomic mass is 35.5. The molecule has 0 saturated carbocycles. The quantitative estimate of drug-likeness (QED) is 0.411. The van der Waals surface area contributed by atoms with Crippen molar-refractivity contribution >= 4 is 34.3 Å². The van der Waals surface area contributed by atoms with Crippen LogP contribution in [0.1, 0.15) is 15.9 Å². The number of aromatic nitrogens is 2. The van der Waals surface area contributed by atoms with Crippen molar-refractivity contribution in [3.05, 3.63) is 93.4 Å². The van der Waals surface area contributed by atoms with Crippen LogP contribution in [-0.4, -0.2) is 22.2 Å². The molecule has 1 heterocycles. The predicted molar refractivity (Wildman–Crippen MR) is 114 cm³/mol. The number of esters is 1. The molecule has 4 aromatic rings. The standard InChI is InChI=1S/C22H18ClN3O3/c1-29-21(27)15-4-2-3-14(11-15)13-25-19-10-5-16(23)12-20(19)26(22(25)28)18-8-6-17(24)7-9-18/h2-12H,13,24H2,1H3. The number of anilines is 1. The number of imidazole rings is 1. The Kier molecular flexibility index (Phi) is 4.86. The summed E-state index contributed by atoms with van der Waals surface area (Å²) in [6, 6.07) is 19.4. The van der Waals surface area contributed by atoms with Crippen molar-refractivity contribution in [2.24, 2.45) is 0 Å². The van der Waals surface area contributed by atoms with Crippen LogP contribution >= 0.6 is 11.6 Å². The van der Waals surface area contributed by atoms with E-state index >= 15 is 0 Å². The van der Waals surface area contributed by atoms with Crippen LogP contribution in [0.5, 0.6) is 0 Å². The fourth-order valence-corrected chi connectivity index (χ4v) is 3.52. The summed E-state index contributed by atoms with van der Waals surface area (Å²) < 4.78 is 8.04. The van der Waals surface area contributed by atoms with Crippen LogP contribution in [0.3, 0.4) is 0 Å². The summed E-state index contributed by atoms with van der Waals surface area (Å²) in [7, 11) is 1.34. The van der Waals surface area contributed by atoms with Gasteiger partial charge in [0.1, 0.15) is 0 Å². The maximum absolute atomic E-state index is 13.3. The first-order valence-corrected chi connectivity index (χ1v) is 9.29. The zero-order valence-electron chi connectivity index (χ0n) is 15.6. The molecule has 0 aliphatic carbocycles. The molecule has 3 aromatic carbocycles. The zero-order valence-corrected chi connectivity index (χ0v) is 16.4. The highest BCUT2D eigenvalue weighted by molar-refractivity contribution is 6.31. The summed E-state index contributed by atoms with van der Waals surface area (Å²) >= 11 is 6.20. The van der Waals surface area contributed by atoms with E-state index in [1.54, 1.807) is 63.7 Å². The maximum Gasteiger partial charge on any atom is 0.337 e. The summed E-state index contributed by atoms with van der Waals surface area (Å²) in [5.74, 6) is -0.421. The Morgan fingerprint density at radius 2 is 1.79 bits per heavy atom. The van der Waals surface area contributed by atoms with Crippen LogP contribution in [0.25, 0.3) is 16.7 Å². The molecule has 0 radical (unpaired) electrons. The molecule has 4 rings (SSSR count). The van der Waals surface area contributed by atoms with Gasteiger partial charge in [-0.05, 0) is 60.2 Å². The minimum atomic E-state index is -0.421. The molecular formula is C22H18ClN3O3. The van der Waals surface area contributed by atoms with Crippen molar-refractivity contribution < 1.29 is 9.53 Å². The zero-order chi connectivity index (χ0) is 20.5. The number of carbonyl (C=O) groups excluding carboxylic acids is 1. The molecule has 0 spiro atoms. The molecule has 0 saturated heterocycles. The lowest BCUT2D eigenvalue weighted by molar-refractivity contribution is 0.0600. The molecule has 0 amide bonds. The second-order valence-electron chi connectivity index (χ2n) is 6.62. The Bertz CT molecular complexity index is 1270. The van der Waals surface area contributed by atoms with Gasteiger partial charge >= 0.3 is 11.7 Å². The molecule has 1 aromatic heterocycles. The topological polar surface area (TPSA) is 79.2 Å². The molecule has 0 aliphatic rings. The molecule has 7 heteroatoms. The fourth-order valence-electron chi connectivity index (χ4n) is 3.35. The van der Waals surface area contributed by atoms with Crippen LogP contribution in [-0.2, 0) is 11.3 Å². The van der Waals surface area contributed by atoms with Crippen LogP contribution < -0.4 is 11.4 Å². The monoisotopic (exact) mass is 407 g/mol. The van der Waals surface area contributed by atoms with Gasteiger partial charge in [0.15, 0.2) is 0 Å². The Morgan fingerprint density at radius 1 is 1.03 bits per heavy atom. The average Bonchev–Trinajstić information content (AvgIpc) is 2.99. The number of nitrogens with zero attached hydrogens (tertiary/aromatic N) is 2. The van der Waals surface area contributed by atoms with Crippen molar-refractivity contribution in [2.75, 3.05) is 12.8 Å². The summed E-state index contributed by atoms with van der Waals surface area (Å²) in [4.78, 5) is 25.2. The maximum atomic E-state index is 13.3. The van der Waals surface area contributed by atoms with Gasteiger partial charge in [-0.2, -0.15) is 0 Å². The van der Waals surface area contributed by atoms with Crippen molar-refractivity contribution in [3.8, 4) is 5.69 Å². The van der Waals surface area contributed by atoms with Crippen LogP contribution in [0.2, 0.25) is 5.02 Å². The highest BCUT2D eigenvalue weighted by Gasteiger charge is 2.16. The largest absolute Gasteiger partial charge is 0.465 e. The number of ether oxygens (including phenoxy) is 1. The van der Waals surface area contributed by atoms with Gasteiger partial charge in [-0.25, -0.2) is 9.59 Å². The lowest BCUT2D eigenvalue weighted by Crippen LogP contribution is -2.23. The van der Waals surface area contributed by atoms with Crippen molar-refractivity contribution in [2.45, 2.75) is 6.54 Å². The first-order chi connectivity index (χ1) is 14.0. The predicted octanol–water partition coefficient (Wildman–Crippen LogP) is 3.86. The molecule has 29 heavy (non-hydrogen) atoms. The van der Waals surface area contributed by atoms with Gasteiger partial charge in [0.05, 0.1) is 35.9 Å². The number of rotatable bonds is 4. The van der Waals surface area contributed by atoms with E-state index in [9.17, 15) is 9.59 Å². The Morgan fingerprint density at radius 3 is 2.52 bits per heavy atom. The molecule has 6 nitrogen and oxygen atoms in total. The van der Waals surface area contributed by atoms with Gasteiger partial charge < -0.3 is 10.5 Å². The number of benzene rings is 3. The average molecular weight is 408 g/mol. The molecule has 0 unspecified atom stereocenters. The number of methoxy groups -OCH3 is 1. The smallest absolute Gasteiger partial charge is 0.337 e. The SMILES string of the molecule is COC(=O)c1cccc(Cn2c(=O)n(-c3ccc(N)cc3)c3cc(Cl)ccc32)c1. The van der Waals surface area contributed by atoms with E-state index in [-0.39, 0.29) is 5.69 Å². The molecule has 0 atom stereocenters. The van der Waals surface area contributed by atoms with E-state index in [0.29, 0.717) is 34.0 Å². The van der Waals surface area contributed by atoms with Crippen LogP contribution in [0.4, 0.5) is 5.69 Å². The fraction of sp³-hybridized carbons (Fsp3) is 0.0909. The Labute approximate surface area is 171 Å². The summed E-state index contributed by atoms with van der Waals surface area (Å²) in [6.07, 6.45) is 0. The van der Waals surface area contributed by atoms with Gasteiger partial charge in [0.25, 0.3) is 0 Å². The summed E-state index contributed by atoms with van der Waals surface area (Å²) in [5, 5.41) is 0.534. The molecule has 0 aliphatic heterocycles. The van der Waals surface area contributed by atoms with Gasteiger partial charge in [-0.3, -0.25) is 9.13 Å². The molecular weight excluding hydrogens is 390 g/mol. The van der Waals surface area contributed by atoms with Crippen LogP contribution in [0.15, 0.2) is 71.5 Å². The summed E-state index contributed by atoms with van der Waals surface area (Å²) in [5.41, 5.74) is 9.55. The molecule has 0 bridgehead atoms. The highest BCUT2D eigenvalue weighted by Crippen LogP contribution is 2.23. The first-order valence-electron chi connectivity index (χ1n) is 8.92. The minimum Gasteiger partial charge on any atom is -0.465 e. The second kappa shape index (κ2) is 7.48. The second-order valence-corrected chi connectivity index (χ2v) is 7.06. The van der Waals surface area contributed by atoms with Crippen molar-refractivity contribution in [1.29, 1.82) is 0 Å². The van der Waals surface area contributed by atoms with E-state index in [0.717, 1.165) is 11.1 Å². The number of hydrogen-bond donors (Lipinski definition) is 1. The van der Waals surface area contributed by atoms with E-state index in [1.165, 1.54) is 7.11 Å². The van der Waals surface area contributed by atoms with Crippen LogP contribution in [0, 0.1) is 0 Å². The number of carbonyl (C=O) groups is 1. The van der Waals surface area contributed by atoms with E-state index < -0.39 is 5.97 Å². The number of hydrogen-bond acceptors (Lipinski definition) is 4. The van der Waals surface area contributed by atoms with E-state index in [2.05, 4.69) is 0 Å². The first kappa shape index (κ1) is 18.8. The summed E-state index contributed by atoms with van der Waals surface area (Å²) in [6.45, 7) is 0.295. The normalized spacial score (nSPS) is 11.0.